The highest BCUT2D eigenvalue weighted by Crippen LogP contribution is 2.21. The summed E-state index contributed by atoms with van der Waals surface area (Å²) in [7, 11) is -3.42. The first-order valence-electron chi connectivity index (χ1n) is 6.86. The monoisotopic (exact) mass is 282 g/mol. The number of benzene rings is 1. The molecule has 1 fully saturated rings. The van der Waals surface area contributed by atoms with Gasteiger partial charge in [0.25, 0.3) is 0 Å². The van der Waals surface area contributed by atoms with Crippen LogP contribution in [0.4, 0.5) is 0 Å². The molecule has 0 spiro atoms. The summed E-state index contributed by atoms with van der Waals surface area (Å²) in [5.74, 6) is 0. The van der Waals surface area contributed by atoms with Crippen LogP contribution in [0.2, 0.25) is 0 Å². The summed E-state index contributed by atoms with van der Waals surface area (Å²) in [6.45, 7) is 4.46. The van der Waals surface area contributed by atoms with Crippen LogP contribution >= 0.6 is 0 Å². The van der Waals surface area contributed by atoms with Crippen LogP contribution in [0, 0.1) is 0 Å². The van der Waals surface area contributed by atoms with Gasteiger partial charge in [0.2, 0.25) is 10.0 Å². The Morgan fingerprint density at radius 1 is 1.32 bits per heavy atom. The molecule has 2 rings (SSSR count). The Hall–Kier alpha value is -0.910. The van der Waals surface area contributed by atoms with E-state index < -0.39 is 10.0 Å². The summed E-state index contributed by atoms with van der Waals surface area (Å²) < 4.78 is 27.4. The van der Waals surface area contributed by atoms with Gasteiger partial charge < -0.3 is 5.32 Å². The van der Waals surface area contributed by atoms with E-state index in [4.69, 9.17) is 0 Å². The molecule has 1 aliphatic carbocycles. The molecule has 4 nitrogen and oxygen atoms in total. The predicted molar refractivity (Wildman–Crippen MR) is 76.4 cm³/mol. The third kappa shape index (κ3) is 4.03. The molecule has 1 atom stereocenters. The van der Waals surface area contributed by atoms with Crippen molar-refractivity contribution in [2.45, 2.75) is 56.6 Å². The van der Waals surface area contributed by atoms with Crippen molar-refractivity contribution in [3.63, 3.8) is 0 Å². The lowest BCUT2D eigenvalue weighted by atomic mass is 10.2. The Bertz CT molecular complexity index is 524. The highest BCUT2D eigenvalue weighted by molar-refractivity contribution is 7.89. The minimum absolute atomic E-state index is 0.0468. The molecule has 0 saturated heterocycles. The van der Waals surface area contributed by atoms with Crippen molar-refractivity contribution in [1.29, 1.82) is 0 Å². The highest BCUT2D eigenvalue weighted by atomic mass is 32.2. The van der Waals surface area contributed by atoms with Crippen LogP contribution in [0.25, 0.3) is 0 Å². The average Bonchev–Trinajstić information content (AvgIpc) is 3.20. The van der Waals surface area contributed by atoms with Crippen molar-refractivity contribution < 1.29 is 8.42 Å². The van der Waals surface area contributed by atoms with Crippen LogP contribution in [-0.2, 0) is 16.6 Å². The van der Waals surface area contributed by atoms with Crippen LogP contribution in [0.3, 0.4) is 0 Å². The molecule has 0 heterocycles. The number of hydrogen-bond acceptors (Lipinski definition) is 3. The maximum absolute atomic E-state index is 12.3. The van der Waals surface area contributed by atoms with Gasteiger partial charge in [0.15, 0.2) is 0 Å². The van der Waals surface area contributed by atoms with Crippen molar-refractivity contribution in [1.82, 2.24) is 10.0 Å². The van der Waals surface area contributed by atoms with Crippen molar-refractivity contribution in [2.75, 3.05) is 0 Å². The van der Waals surface area contributed by atoms with Gasteiger partial charge in [0.1, 0.15) is 0 Å². The second-order valence-electron chi connectivity index (χ2n) is 5.19. The van der Waals surface area contributed by atoms with E-state index in [9.17, 15) is 8.42 Å². The molecule has 0 aliphatic heterocycles. The van der Waals surface area contributed by atoms with Crippen LogP contribution in [0.5, 0.6) is 0 Å². The lowest BCUT2D eigenvalue weighted by molar-refractivity contribution is 0.553. The normalized spacial score (nSPS) is 17.4. The van der Waals surface area contributed by atoms with Crippen LogP contribution in [-0.4, -0.2) is 20.5 Å². The molecule has 5 heteroatoms. The largest absolute Gasteiger partial charge is 0.310 e. The summed E-state index contributed by atoms with van der Waals surface area (Å²) >= 11 is 0. The molecular weight excluding hydrogens is 260 g/mol. The van der Waals surface area contributed by atoms with Gasteiger partial charge in [-0.15, -0.1) is 0 Å². The fourth-order valence-electron chi connectivity index (χ4n) is 1.87. The van der Waals surface area contributed by atoms with E-state index in [-0.39, 0.29) is 6.04 Å². The first kappa shape index (κ1) is 14.5. The fraction of sp³-hybridized carbons (Fsp3) is 0.571. The van der Waals surface area contributed by atoms with Gasteiger partial charge in [-0.2, -0.15) is 0 Å². The van der Waals surface area contributed by atoms with Crippen LogP contribution in [0.1, 0.15) is 38.7 Å². The van der Waals surface area contributed by atoms with Crippen molar-refractivity contribution in [3.8, 4) is 0 Å². The summed E-state index contributed by atoms with van der Waals surface area (Å²) in [5, 5.41) is 3.36. The molecule has 0 amide bonds. The maximum atomic E-state index is 12.3. The van der Waals surface area contributed by atoms with Crippen molar-refractivity contribution >= 4 is 10.0 Å². The van der Waals surface area contributed by atoms with E-state index in [1.165, 1.54) is 12.8 Å². The smallest absolute Gasteiger partial charge is 0.241 e. The Labute approximate surface area is 115 Å². The minimum Gasteiger partial charge on any atom is -0.310 e. The number of sulfonamides is 1. The molecule has 0 bridgehead atoms. The number of rotatable bonds is 7. The Kier molecular flexibility index (Phi) is 4.60. The van der Waals surface area contributed by atoms with E-state index in [2.05, 4.69) is 10.0 Å². The van der Waals surface area contributed by atoms with E-state index in [1.54, 1.807) is 12.1 Å². The fourth-order valence-corrected chi connectivity index (χ4v) is 3.43. The maximum Gasteiger partial charge on any atom is 0.241 e. The van der Waals surface area contributed by atoms with Crippen molar-refractivity contribution in [2.24, 2.45) is 0 Å². The van der Waals surface area contributed by atoms with Crippen molar-refractivity contribution in [3.05, 3.63) is 29.8 Å². The van der Waals surface area contributed by atoms with E-state index in [0.29, 0.717) is 17.5 Å². The average molecular weight is 282 g/mol. The first-order chi connectivity index (χ1) is 9.03. The lowest BCUT2D eigenvalue weighted by Crippen LogP contribution is -2.33. The second-order valence-corrected chi connectivity index (χ2v) is 6.88. The number of nitrogens with one attached hydrogen (secondary N) is 2. The zero-order chi connectivity index (χ0) is 13.9. The van der Waals surface area contributed by atoms with Crippen LogP contribution in [0.15, 0.2) is 29.2 Å². The van der Waals surface area contributed by atoms with E-state index in [0.717, 1.165) is 12.0 Å². The molecule has 2 N–H and O–H groups in total. The Balaban J connectivity index is 2.17. The SMILES string of the molecule is CCC(C)NS(=O)(=O)c1ccccc1CNC1CC1. The summed E-state index contributed by atoms with van der Waals surface area (Å²) in [6.07, 6.45) is 3.17. The molecule has 19 heavy (non-hydrogen) atoms. The summed E-state index contributed by atoms with van der Waals surface area (Å²) in [4.78, 5) is 0.392. The third-order valence-corrected chi connectivity index (χ3v) is 5.08. The molecule has 106 valence electrons. The lowest BCUT2D eigenvalue weighted by Gasteiger charge is -2.15. The molecule has 0 aromatic heterocycles. The Morgan fingerprint density at radius 2 is 2.00 bits per heavy atom. The minimum atomic E-state index is -3.42. The third-order valence-electron chi connectivity index (χ3n) is 3.39. The van der Waals surface area contributed by atoms with Crippen LogP contribution < -0.4 is 10.0 Å². The Morgan fingerprint density at radius 3 is 2.63 bits per heavy atom. The molecule has 1 aromatic carbocycles. The summed E-state index contributed by atoms with van der Waals surface area (Å²) in [5.41, 5.74) is 0.838. The van der Waals surface area contributed by atoms with Gasteiger partial charge in [-0.1, -0.05) is 25.1 Å². The molecular formula is C14H22N2O2S. The first-order valence-corrected chi connectivity index (χ1v) is 8.35. The van der Waals surface area contributed by atoms with Gasteiger partial charge >= 0.3 is 0 Å². The molecule has 1 unspecified atom stereocenters. The van der Waals surface area contributed by atoms with Gasteiger partial charge in [-0.25, -0.2) is 13.1 Å². The zero-order valence-corrected chi connectivity index (χ0v) is 12.3. The second kappa shape index (κ2) is 6.03. The van der Waals surface area contributed by atoms with Gasteiger partial charge in [0, 0.05) is 18.6 Å². The summed E-state index contributed by atoms with van der Waals surface area (Å²) in [6, 6.07) is 7.72. The zero-order valence-electron chi connectivity index (χ0n) is 11.5. The highest BCUT2D eigenvalue weighted by Gasteiger charge is 2.23. The quantitative estimate of drug-likeness (QED) is 0.804. The molecule has 1 saturated carbocycles. The van der Waals surface area contributed by atoms with Gasteiger partial charge in [-0.3, -0.25) is 0 Å². The standard InChI is InChI=1S/C14H22N2O2S/c1-3-11(2)16-19(17,18)14-7-5-4-6-12(14)10-15-13-8-9-13/h4-7,11,13,15-16H,3,8-10H2,1-2H3. The molecule has 0 radical (unpaired) electrons. The molecule has 1 aliphatic rings. The number of hydrogen-bond donors (Lipinski definition) is 2. The predicted octanol–water partition coefficient (Wildman–Crippen LogP) is 2.02. The van der Waals surface area contributed by atoms with Gasteiger partial charge in [-0.05, 0) is 37.8 Å². The topological polar surface area (TPSA) is 58.2 Å². The van der Waals surface area contributed by atoms with E-state index >= 15 is 0 Å². The van der Waals surface area contributed by atoms with Gasteiger partial charge in [0.05, 0.1) is 4.90 Å². The molecule has 1 aromatic rings. The van der Waals surface area contributed by atoms with E-state index in [1.807, 2.05) is 26.0 Å².